The highest BCUT2D eigenvalue weighted by atomic mass is 79.9. The average Bonchev–Trinajstić information content (AvgIpc) is 2.35. The smallest absolute Gasteiger partial charge is 0.235 e. The molecule has 0 aliphatic heterocycles. The SMILES string of the molecule is Cc1cc(N)c(NS(=O)(=O)C2CCCCC2)c(Br)c1. The summed E-state index contributed by atoms with van der Waals surface area (Å²) < 4.78 is 28.1. The van der Waals surface area contributed by atoms with Crippen molar-refractivity contribution in [3.05, 3.63) is 22.2 Å². The van der Waals surface area contributed by atoms with Crippen molar-refractivity contribution in [3.8, 4) is 0 Å². The van der Waals surface area contributed by atoms with E-state index in [0.29, 0.717) is 15.8 Å². The first-order valence-corrected chi connectivity index (χ1v) is 8.81. The van der Waals surface area contributed by atoms with E-state index in [-0.39, 0.29) is 5.25 Å². The Bertz CT molecular complexity index is 543. The van der Waals surface area contributed by atoms with E-state index in [4.69, 9.17) is 5.73 Å². The molecule has 19 heavy (non-hydrogen) atoms. The Kier molecular flexibility index (Phi) is 4.40. The zero-order valence-corrected chi connectivity index (χ0v) is 13.4. The summed E-state index contributed by atoms with van der Waals surface area (Å²) in [5, 5.41) is -0.297. The van der Waals surface area contributed by atoms with E-state index in [2.05, 4.69) is 20.7 Å². The quantitative estimate of drug-likeness (QED) is 0.823. The summed E-state index contributed by atoms with van der Waals surface area (Å²) in [5.41, 5.74) is 7.80. The van der Waals surface area contributed by atoms with Crippen molar-refractivity contribution < 1.29 is 8.42 Å². The Hall–Kier alpha value is -0.750. The molecule has 0 spiro atoms. The summed E-state index contributed by atoms with van der Waals surface area (Å²) in [6.07, 6.45) is 4.56. The maximum absolute atomic E-state index is 12.4. The van der Waals surface area contributed by atoms with Gasteiger partial charge in [-0.05, 0) is 53.4 Å². The lowest BCUT2D eigenvalue weighted by Gasteiger charge is -2.23. The standard InChI is InChI=1S/C13H19BrN2O2S/c1-9-7-11(14)13(12(15)8-9)16-19(17,18)10-5-3-2-4-6-10/h7-8,10,16H,2-6,15H2,1H3. The highest BCUT2D eigenvalue weighted by molar-refractivity contribution is 9.10. The first kappa shape index (κ1) is 14.7. The molecule has 4 nitrogen and oxygen atoms in total. The number of hydrogen-bond acceptors (Lipinski definition) is 3. The predicted octanol–water partition coefficient (Wildman–Crippen LogP) is 3.41. The highest BCUT2D eigenvalue weighted by Gasteiger charge is 2.28. The molecule has 0 amide bonds. The van der Waals surface area contributed by atoms with Crippen molar-refractivity contribution in [2.45, 2.75) is 44.3 Å². The Labute approximate surface area is 122 Å². The maximum Gasteiger partial charge on any atom is 0.235 e. The van der Waals surface area contributed by atoms with Gasteiger partial charge >= 0.3 is 0 Å². The van der Waals surface area contributed by atoms with Crippen LogP contribution in [0.5, 0.6) is 0 Å². The molecule has 1 aliphatic rings. The summed E-state index contributed by atoms with van der Waals surface area (Å²) in [6.45, 7) is 1.92. The molecule has 1 fully saturated rings. The normalized spacial score (nSPS) is 17.4. The van der Waals surface area contributed by atoms with E-state index in [1.54, 1.807) is 6.07 Å². The van der Waals surface area contributed by atoms with Gasteiger partial charge in [0.05, 0.1) is 16.6 Å². The van der Waals surface area contributed by atoms with Crippen molar-refractivity contribution in [3.63, 3.8) is 0 Å². The first-order valence-electron chi connectivity index (χ1n) is 6.47. The van der Waals surface area contributed by atoms with Crippen LogP contribution in [0.3, 0.4) is 0 Å². The minimum atomic E-state index is -3.35. The molecule has 0 heterocycles. The molecule has 1 aliphatic carbocycles. The molecule has 0 radical (unpaired) electrons. The second-order valence-corrected chi connectivity index (χ2v) is 7.93. The third kappa shape index (κ3) is 3.42. The van der Waals surface area contributed by atoms with E-state index < -0.39 is 10.0 Å². The highest BCUT2D eigenvalue weighted by Crippen LogP contribution is 2.33. The molecule has 0 atom stereocenters. The van der Waals surface area contributed by atoms with Gasteiger partial charge in [-0.3, -0.25) is 4.72 Å². The van der Waals surface area contributed by atoms with Gasteiger partial charge in [0.1, 0.15) is 0 Å². The van der Waals surface area contributed by atoms with E-state index in [0.717, 1.165) is 37.7 Å². The predicted molar refractivity (Wildman–Crippen MR) is 82.7 cm³/mol. The molecule has 1 aromatic carbocycles. The van der Waals surface area contributed by atoms with Crippen LogP contribution in [-0.2, 0) is 10.0 Å². The number of nitrogens with one attached hydrogen (secondary N) is 1. The van der Waals surface area contributed by atoms with Gasteiger partial charge < -0.3 is 5.73 Å². The maximum atomic E-state index is 12.4. The molecule has 0 aromatic heterocycles. The van der Waals surface area contributed by atoms with Crippen LogP contribution in [0, 0.1) is 6.92 Å². The number of benzene rings is 1. The van der Waals surface area contributed by atoms with Gasteiger partial charge in [-0.25, -0.2) is 8.42 Å². The summed E-state index contributed by atoms with van der Waals surface area (Å²) in [4.78, 5) is 0. The summed E-state index contributed by atoms with van der Waals surface area (Å²) in [5.74, 6) is 0. The molecule has 2 rings (SSSR count). The lowest BCUT2D eigenvalue weighted by molar-refractivity contribution is 0.486. The molecule has 0 bridgehead atoms. The van der Waals surface area contributed by atoms with Crippen molar-refractivity contribution in [1.29, 1.82) is 0 Å². The second-order valence-electron chi connectivity index (χ2n) is 5.12. The minimum Gasteiger partial charge on any atom is -0.397 e. The Morgan fingerprint density at radius 2 is 1.89 bits per heavy atom. The molecular weight excluding hydrogens is 328 g/mol. The average molecular weight is 347 g/mol. The third-order valence-corrected chi connectivity index (χ3v) is 5.96. The van der Waals surface area contributed by atoms with Crippen molar-refractivity contribution in [2.75, 3.05) is 10.5 Å². The molecule has 0 saturated heterocycles. The van der Waals surface area contributed by atoms with Gasteiger partial charge in [0.25, 0.3) is 0 Å². The van der Waals surface area contributed by atoms with Gasteiger partial charge in [-0.15, -0.1) is 0 Å². The van der Waals surface area contributed by atoms with Crippen LogP contribution in [0.25, 0.3) is 0 Å². The van der Waals surface area contributed by atoms with Crippen LogP contribution in [0.4, 0.5) is 11.4 Å². The van der Waals surface area contributed by atoms with Crippen molar-refractivity contribution >= 4 is 37.3 Å². The van der Waals surface area contributed by atoms with Gasteiger partial charge in [-0.2, -0.15) is 0 Å². The molecule has 1 aromatic rings. The number of nitrogen functional groups attached to an aromatic ring is 1. The fraction of sp³-hybridized carbons (Fsp3) is 0.538. The lowest BCUT2D eigenvalue weighted by atomic mass is 10.0. The molecule has 1 saturated carbocycles. The number of aryl methyl sites for hydroxylation is 1. The summed E-state index contributed by atoms with van der Waals surface area (Å²) in [7, 11) is -3.35. The van der Waals surface area contributed by atoms with Crippen molar-refractivity contribution in [1.82, 2.24) is 0 Å². The molecule has 106 valence electrons. The van der Waals surface area contributed by atoms with E-state index in [1.807, 2.05) is 13.0 Å². The number of nitrogens with two attached hydrogens (primary N) is 1. The zero-order valence-electron chi connectivity index (χ0n) is 10.9. The molecule has 0 unspecified atom stereocenters. The second kappa shape index (κ2) is 5.71. The summed E-state index contributed by atoms with van der Waals surface area (Å²) >= 11 is 3.37. The van der Waals surface area contributed by atoms with Gasteiger partial charge in [0, 0.05) is 4.47 Å². The number of hydrogen-bond donors (Lipinski definition) is 2. The third-order valence-electron chi connectivity index (χ3n) is 3.50. The first-order chi connectivity index (χ1) is 8.90. The van der Waals surface area contributed by atoms with Crippen molar-refractivity contribution in [2.24, 2.45) is 0 Å². The Morgan fingerprint density at radius 3 is 2.47 bits per heavy atom. The van der Waals surface area contributed by atoms with Crippen LogP contribution in [-0.4, -0.2) is 13.7 Å². The Balaban J connectivity index is 2.25. The van der Waals surface area contributed by atoms with E-state index >= 15 is 0 Å². The number of sulfonamides is 1. The minimum absolute atomic E-state index is 0.297. The fourth-order valence-electron chi connectivity index (χ4n) is 2.48. The van der Waals surface area contributed by atoms with Gasteiger partial charge in [0.2, 0.25) is 10.0 Å². The molecule has 3 N–H and O–H groups in total. The Morgan fingerprint density at radius 1 is 1.26 bits per heavy atom. The van der Waals surface area contributed by atoms with Crippen LogP contribution < -0.4 is 10.5 Å². The lowest BCUT2D eigenvalue weighted by Crippen LogP contribution is -2.30. The number of anilines is 2. The fourth-order valence-corrected chi connectivity index (χ4v) is 4.93. The van der Waals surface area contributed by atoms with Gasteiger partial charge in [-0.1, -0.05) is 19.3 Å². The molecule has 6 heteroatoms. The van der Waals surface area contributed by atoms with Crippen LogP contribution >= 0.6 is 15.9 Å². The van der Waals surface area contributed by atoms with Gasteiger partial charge in [0.15, 0.2) is 0 Å². The number of halogens is 1. The largest absolute Gasteiger partial charge is 0.397 e. The van der Waals surface area contributed by atoms with Crippen LogP contribution in [0.15, 0.2) is 16.6 Å². The monoisotopic (exact) mass is 346 g/mol. The zero-order chi connectivity index (χ0) is 14.0. The van der Waals surface area contributed by atoms with Crippen LogP contribution in [0.2, 0.25) is 0 Å². The van der Waals surface area contributed by atoms with Crippen LogP contribution in [0.1, 0.15) is 37.7 Å². The summed E-state index contributed by atoms with van der Waals surface area (Å²) in [6, 6.07) is 3.62. The van der Waals surface area contributed by atoms with E-state index in [1.165, 1.54) is 0 Å². The molecular formula is C13H19BrN2O2S. The number of rotatable bonds is 3. The topological polar surface area (TPSA) is 72.2 Å². The van der Waals surface area contributed by atoms with E-state index in [9.17, 15) is 8.42 Å².